The van der Waals surface area contributed by atoms with Crippen molar-refractivity contribution < 1.29 is 9.90 Å². The number of aliphatic hydroxyl groups excluding tert-OH is 1. The second-order valence-corrected chi connectivity index (χ2v) is 9.00. The van der Waals surface area contributed by atoms with E-state index in [2.05, 4.69) is 4.90 Å². The van der Waals surface area contributed by atoms with Crippen LogP contribution in [-0.2, 0) is 4.79 Å². The number of piperidine rings is 1. The van der Waals surface area contributed by atoms with Crippen molar-refractivity contribution in [3.63, 3.8) is 0 Å². The third-order valence-corrected chi connectivity index (χ3v) is 7.02. The lowest BCUT2D eigenvalue weighted by molar-refractivity contribution is -0.134. The highest BCUT2D eigenvalue weighted by atomic mass is 16.3. The Morgan fingerprint density at radius 1 is 0.969 bits per heavy atom. The molecule has 0 bridgehead atoms. The van der Waals surface area contributed by atoms with Crippen LogP contribution in [0.15, 0.2) is 54.6 Å². The number of aryl methyl sites for hydroxylation is 1. The number of anilines is 1. The van der Waals surface area contributed by atoms with Crippen LogP contribution in [0.3, 0.4) is 0 Å². The Hall–Kier alpha value is -2.99. The number of rotatable bonds is 4. The molecule has 2 saturated heterocycles. The van der Waals surface area contributed by atoms with E-state index in [1.807, 2.05) is 66.4 Å². The summed E-state index contributed by atoms with van der Waals surface area (Å²) in [5.41, 5.74) is 2.83. The van der Waals surface area contributed by atoms with Crippen molar-refractivity contribution in [3.8, 4) is 0 Å². The van der Waals surface area contributed by atoms with Crippen LogP contribution in [0.1, 0.15) is 43.0 Å². The average Bonchev–Trinajstić information content (AvgIpc) is 3.34. The average molecular weight is 431 g/mol. The van der Waals surface area contributed by atoms with E-state index in [9.17, 15) is 9.90 Å². The Labute approximate surface area is 188 Å². The van der Waals surface area contributed by atoms with Crippen LogP contribution >= 0.6 is 0 Å². The molecular formula is C26H30N4O2. The number of benzene rings is 2. The van der Waals surface area contributed by atoms with Gasteiger partial charge in [0.1, 0.15) is 6.04 Å². The zero-order valence-corrected chi connectivity index (χ0v) is 18.5. The van der Waals surface area contributed by atoms with Gasteiger partial charge in [0.2, 0.25) is 11.9 Å². The van der Waals surface area contributed by atoms with Gasteiger partial charge in [0.25, 0.3) is 0 Å². The SMILES string of the molecule is Cc1nc(N2CCC[C@@H]2C(=O)N2CCC([C@@H](O)c3ccccc3)CC2)nc2ccccc12. The van der Waals surface area contributed by atoms with E-state index in [0.29, 0.717) is 19.0 Å². The fraction of sp³-hybridized carbons (Fsp3) is 0.423. The number of nitrogens with zero attached hydrogens (tertiary/aromatic N) is 4. The zero-order valence-electron chi connectivity index (χ0n) is 18.5. The van der Waals surface area contributed by atoms with E-state index in [0.717, 1.165) is 54.4 Å². The molecule has 0 radical (unpaired) electrons. The first-order valence-corrected chi connectivity index (χ1v) is 11.6. The van der Waals surface area contributed by atoms with Gasteiger partial charge in [0, 0.05) is 25.0 Å². The predicted molar refractivity (Wildman–Crippen MR) is 125 cm³/mol. The molecule has 1 aromatic heterocycles. The van der Waals surface area contributed by atoms with Crippen LogP contribution in [-0.4, -0.2) is 51.6 Å². The minimum Gasteiger partial charge on any atom is -0.388 e. The lowest BCUT2D eigenvalue weighted by Gasteiger charge is -2.37. The topological polar surface area (TPSA) is 69.6 Å². The zero-order chi connectivity index (χ0) is 22.1. The Balaban J connectivity index is 1.28. The highest BCUT2D eigenvalue weighted by molar-refractivity contribution is 5.86. The van der Waals surface area contributed by atoms with Gasteiger partial charge in [0.05, 0.1) is 17.3 Å². The summed E-state index contributed by atoms with van der Waals surface area (Å²) in [6, 6.07) is 17.7. The molecule has 32 heavy (non-hydrogen) atoms. The molecule has 2 aromatic carbocycles. The molecule has 6 heteroatoms. The lowest BCUT2D eigenvalue weighted by Crippen LogP contribution is -2.49. The summed E-state index contributed by atoms with van der Waals surface area (Å²) in [7, 11) is 0. The quantitative estimate of drug-likeness (QED) is 0.680. The summed E-state index contributed by atoms with van der Waals surface area (Å²) in [5.74, 6) is 1.02. The van der Waals surface area contributed by atoms with Crippen molar-refractivity contribution in [1.29, 1.82) is 0 Å². The van der Waals surface area contributed by atoms with E-state index >= 15 is 0 Å². The number of likely N-dealkylation sites (tertiary alicyclic amines) is 1. The Bertz CT molecular complexity index is 1100. The Morgan fingerprint density at radius 3 is 2.47 bits per heavy atom. The Morgan fingerprint density at radius 2 is 1.69 bits per heavy atom. The van der Waals surface area contributed by atoms with E-state index in [4.69, 9.17) is 9.97 Å². The predicted octanol–water partition coefficient (Wildman–Crippen LogP) is 3.88. The highest BCUT2D eigenvalue weighted by Crippen LogP contribution is 2.32. The van der Waals surface area contributed by atoms with Crippen molar-refractivity contribution in [2.75, 3.05) is 24.5 Å². The fourth-order valence-electron chi connectivity index (χ4n) is 5.18. The largest absolute Gasteiger partial charge is 0.388 e. The van der Waals surface area contributed by atoms with E-state index < -0.39 is 6.10 Å². The van der Waals surface area contributed by atoms with Gasteiger partial charge in [-0.25, -0.2) is 9.97 Å². The van der Waals surface area contributed by atoms with Crippen LogP contribution in [0.25, 0.3) is 10.9 Å². The summed E-state index contributed by atoms with van der Waals surface area (Å²) < 4.78 is 0. The smallest absolute Gasteiger partial charge is 0.245 e. The monoisotopic (exact) mass is 430 g/mol. The van der Waals surface area contributed by atoms with Crippen molar-refractivity contribution in [3.05, 3.63) is 65.9 Å². The first-order valence-electron chi connectivity index (χ1n) is 11.6. The number of aromatic nitrogens is 2. The standard InChI is InChI=1S/C26H30N4O2/c1-18-21-10-5-6-11-22(21)28-26(27-18)30-15-7-12-23(30)25(32)29-16-13-20(14-17-29)24(31)19-8-3-2-4-9-19/h2-6,8-11,20,23-24,31H,7,12-17H2,1H3/t23-,24+/m1/s1. The summed E-state index contributed by atoms with van der Waals surface area (Å²) in [5, 5.41) is 11.8. The van der Waals surface area contributed by atoms with Gasteiger partial charge < -0.3 is 14.9 Å². The number of fused-ring (bicyclic) bond motifs is 1. The highest BCUT2D eigenvalue weighted by Gasteiger charge is 2.37. The molecule has 0 spiro atoms. The molecule has 1 amide bonds. The number of amides is 1. The second-order valence-electron chi connectivity index (χ2n) is 9.00. The van der Waals surface area contributed by atoms with Crippen LogP contribution < -0.4 is 4.90 Å². The molecular weight excluding hydrogens is 400 g/mol. The van der Waals surface area contributed by atoms with Crippen LogP contribution in [0.5, 0.6) is 0 Å². The molecule has 0 unspecified atom stereocenters. The number of carbonyl (C=O) groups is 1. The van der Waals surface area contributed by atoms with Crippen molar-refractivity contribution in [1.82, 2.24) is 14.9 Å². The van der Waals surface area contributed by atoms with Crippen molar-refractivity contribution in [2.24, 2.45) is 5.92 Å². The maximum atomic E-state index is 13.4. The van der Waals surface area contributed by atoms with Crippen molar-refractivity contribution >= 4 is 22.8 Å². The first kappa shape index (κ1) is 20.9. The number of hydrogen-bond acceptors (Lipinski definition) is 5. The van der Waals surface area contributed by atoms with Gasteiger partial charge >= 0.3 is 0 Å². The third-order valence-electron chi connectivity index (χ3n) is 7.02. The van der Waals surface area contributed by atoms with Crippen LogP contribution in [0, 0.1) is 12.8 Å². The fourth-order valence-corrected chi connectivity index (χ4v) is 5.18. The van der Waals surface area contributed by atoms with Crippen LogP contribution in [0.4, 0.5) is 5.95 Å². The molecule has 166 valence electrons. The summed E-state index contributed by atoms with van der Waals surface area (Å²) in [6.45, 7) is 4.19. The number of hydrogen-bond donors (Lipinski definition) is 1. The minimum absolute atomic E-state index is 0.171. The molecule has 0 aliphatic carbocycles. The number of para-hydroxylation sites is 1. The molecule has 2 aliphatic rings. The third kappa shape index (κ3) is 3.95. The summed E-state index contributed by atoms with van der Waals surface area (Å²) >= 11 is 0. The molecule has 3 heterocycles. The number of carbonyl (C=O) groups excluding carboxylic acids is 1. The molecule has 5 rings (SSSR count). The minimum atomic E-state index is -0.467. The van der Waals surface area contributed by atoms with Crippen LogP contribution in [0.2, 0.25) is 0 Å². The molecule has 2 fully saturated rings. The molecule has 2 aliphatic heterocycles. The lowest BCUT2D eigenvalue weighted by atomic mass is 9.87. The van der Waals surface area contributed by atoms with Crippen molar-refractivity contribution in [2.45, 2.75) is 44.8 Å². The maximum absolute atomic E-state index is 13.4. The summed E-state index contributed by atoms with van der Waals surface area (Å²) in [6.07, 6.45) is 2.97. The molecule has 3 aromatic rings. The van der Waals surface area contributed by atoms with E-state index in [1.54, 1.807) is 0 Å². The van der Waals surface area contributed by atoms with Gasteiger partial charge in [-0.15, -0.1) is 0 Å². The normalized spacial score (nSPS) is 20.6. The molecule has 0 saturated carbocycles. The van der Waals surface area contributed by atoms with Gasteiger partial charge in [-0.1, -0.05) is 48.5 Å². The molecule has 2 atom stereocenters. The van der Waals surface area contributed by atoms with E-state index in [-0.39, 0.29) is 17.9 Å². The van der Waals surface area contributed by atoms with Gasteiger partial charge in [-0.3, -0.25) is 4.79 Å². The van der Waals surface area contributed by atoms with Gasteiger partial charge in [-0.2, -0.15) is 0 Å². The maximum Gasteiger partial charge on any atom is 0.245 e. The van der Waals surface area contributed by atoms with E-state index in [1.165, 1.54) is 0 Å². The molecule has 1 N–H and O–H groups in total. The van der Waals surface area contributed by atoms with Gasteiger partial charge in [-0.05, 0) is 50.2 Å². The Kier molecular flexibility index (Phi) is 5.79. The van der Waals surface area contributed by atoms with Gasteiger partial charge in [0.15, 0.2) is 0 Å². The number of aliphatic hydroxyl groups is 1. The second kappa shape index (κ2) is 8.87. The molecule has 6 nitrogen and oxygen atoms in total. The summed E-state index contributed by atoms with van der Waals surface area (Å²) in [4.78, 5) is 27.0. The first-order chi connectivity index (χ1) is 15.6.